The number of benzene rings is 1. The normalized spacial score (nSPS) is 18.1. The van der Waals surface area contributed by atoms with Crippen LogP contribution in [0, 0.1) is 0 Å². The fraction of sp³-hybridized carbons (Fsp3) is 0.650. The van der Waals surface area contributed by atoms with E-state index in [9.17, 15) is 9.90 Å². The van der Waals surface area contributed by atoms with Gasteiger partial charge in [0.2, 0.25) is 0 Å². The Morgan fingerprint density at radius 2 is 1.88 bits per heavy atom. The molecule has 1 aliphatic rings. The van der Waals surface area contributed by atoms with Crippen molar-refractivity contribution in [1.82, 2.24) is 4.90 Å². The van der Waals surface area contributed by atoms with E-state index in [2.05, 4.69) is 4.90 Å². The van der Waals surface area contributed by atoms with Crippen molar-refractivity contribution in [3.05, 3.63) is 29.8 Å². The summed E-state index contributed by atoms with van der Waals surface area (Å²) in [6, 6.07) is 7.60. The highest BCUT2D eigenvalue weighted by atomic mass is 16.5. The third kappa shape index (κ3) is 5.80. The van der Waals surface area contributed by atoms with Crippen molar-refractivity contribution in [1.29, 1.82) is 0 Å². The maximum absolute atomic E-state index is 11.7. The lowest BCUT2D eigenvalue weighted by molar-refractivity contribution is -0.134. The van der Waals surface area contributed by atoms with Gasteiger partial charge in [-0.15, -0.1) is 0 Å². The average molecular weight is 348 g/mol. The first-order valence-corrected chi connectivity index (χ1v) is 9.32. The number of nitrogens with zero attached hydrogens (tertiary/aromatic N) is 1. The minimum Gasteiger partial charge on any atom is -0.427 e. The van der Waals surface area contributed by atoms with Crippen LogP contribution in [0.2, 0.25) is 0 Å². The Labute approximate surface area is 151 Å². The van der Waals surface area contributed by atoms with Crippen molar-refractivity contribution in [3.63, 3.8) is 0 Å². The Bertz CT molecular complexity index is 536. The van der Waals surface area contributed by atoms with Gasteiger partial charge in [-0.2, -0.15) is 0 Å². The first-order chi connectivity index (χ1) is 11.9. The maximum Gasteiger partial charge on any atom is 0.311 e. The Morgan fingerprint density at radius 1 is 1.24 bits per heavy atom. The number of aliphatic hydroxyl groups is 1. The zero-order valence-corrected chi connectivity index (χ0v) is 15.5. The number of carbonyl (C=O) groups excluding carboxylic acids is 1. The van der Waals surface area contributed by atoms with Crippen LogP contribution in [-0.4, -0.2) is 48.8 Å². The van der Waals surface area contributed by atoms with E-state index in [0.717, 1.165) is 37.8 Å². The van der Waals surface area contributed by atoms with Gasteiger partial charge in [0.05, 0.1) is 5.60 Å². The van der Waals surface area contributed by atoms with Crippen molar-refractivity contribution < 1.29 is 14.6 Å². The van der Waals surface area contributed by atoms with E-state index >= 15 is 0 Å². The van der Waals surface area contributed by atoms with Gasteiger partial charge in [0.1, 0.15) is 5.75 Å². The zero-order valence-electron chi connectivity index (χ0n) is 15.5. The molecule has 0 aromatic heterocycles. The maximum atomic E-state index is 11.7. The van der Waals surface area contributed by atoms with Crippen LogP contribution in [0.1, 0.15) is 56.4 Å². The fourth-order valence-electron chi connectivity index (χ4n) is 3.66. The topological polar surface area (TPSA) is 75.8 Å². The molecule has 0 amide bonds. The summed E-state index contributed by atoms with van der Waals surface area (Å²) in [6.07, 6.45) is 6.03. The molecule has 5 heteroatoms. The molecule has 1 aliphatic carbocycles. The molecule has 5 nitrogen and oxygen atoms in total. The van der Waals surface area contributed by atoms with Crippen molar-refractivity contribution >= 4 is 5.97 Å². The van der Waals surface area contributed by atoms with Crippen LogP contribution in [0.5, 0.6) is 5.75 Å². The van der Waals surface area contributed by atoms with Crippen molar-refractivity contribution in [2.24, 2.45) is 5.73 Å². The summed E-state index contributed by atoms with van der Waals surface area (Å²) in [5.41, 5.74) is 5.86. The average Bonchev–Trinajstić information content (AvgIpc) is 2.59. The first-order valence-electron chi connectivity index (χ1n) is 9.32. The minimum atomic E-state index is -0.651. The number of esters is 1. The van der Waals surface area contributed by atoms with Gasteiger partial charge in [-0.3, -0.25) is 4.79 Å². The van der Waals surface area contributed by atoms with E-state index in [1.54, 1.807) is 0 Å². The molecule has 25 heavy (non-hydrogen) atoms. The van der Waals surface area contributed by atoms with Crippen LogP contribution in [0.4, 0.5) is 0 Å². The smallest absolute Gasteiger partial charge is 0.311 e. The van der Waals surface area contributed by atoms with Crippen molar-refractivity contribution in [2.45, 2.75) is 56.5 Å². The summed E-state index contributed by atoms with van der Waals surface area (Å²) >= 11 is 0. The van der Waals surface area contributed by atoms with Gasteiger partial charge in [0.25, 0.3) is 0 Å². The molecule has 1 saturated carbocycles. The second-order valence-corrected chi connectivity index (χ2v) is 7.41. The van der Waals surface area contributed by atoms with Crippen molar-refractivity contribution in [3.8, 4) is 5.75 Å². The summed E-state index contributed by atoms with van der Waals surface area (Å²) in [7, 11) is 4.07. The lowest BCUT2D eigenvalue weighted by Crippen LogP contribution is -2.42. The SMILES string of the molecule is CN(C)CC(c1ccc(OC(=O)CCCN)cc1)C1(O)CCCCC1. The fourth-order valence-corrected chi connectivity index (χ4v) is 3.66. The van der Waals surface area contributed by atoms with Gasteiger partial charge in [0, 0.05) is 18.9 Å². The largest absolute Gasteiger partial charge is 0.427 e. The van der Waals surface area contributed by atoms with E-state index in [0.29, 0.717) is 25.1 Å². The Balaban J connectivity index is 2.11. The lowest BCUT2D eigenvalue weighted by atomic mass is 9.72. The molecule has 0 spiro atoms. The number of ether oxygens (including phenoxy) is 1. The van der Waals surface area contributed by atoms with Crippen LogP contribution in [-0.2, 0) is 4.79 Å². The first kappa shape index (κ1) is 19.9. The van der Waals surface area contributed by atoms with Gasteiger partial charge in [-0.25, -0.2) is 0 Å². The van der Waals surface area contributed by atoms with Crippen LogP contribution in [0.3, 0.4) is 0 Å². The Kier molecular flexibility index (Phi) is 7.41. The minimum absolute atomic E-state index is 0.0600. The lowest BCUT2D eigenvalue weighted by Gasteiger charge is -2.40. The van der Waals surface area contributed by atoms with Gasteiger partial charge < -0.3 is 20.5 Å². The molecule has 0 bridgehead atoms. The summed E-state index contributed by atoms with van der Waals surface area (Å²) < 4.78 is 5.34. The molecule has 1 fully saturated rings. The zero-order chi connectivity index (χ0) is 18.3. The molecular formula is C20H32N2O3. The number of hydrogen-bond acceptors (Lipinski definition) is 5. The van der Waals surface area contributed by atoms with Gasteiger partial charge >= 0.3 is 5.97 Å². The molecule has 0 saturated heterocycles. The molecule has 0 radical (unpaired) electrons. The number of rotatable bonds is 8. The van der Waals surface area contributed by atoms with Gasteiger partial charge in [-0.1, -0.05) is 31.4 Å². The molecule has 1 aromatic carbocycles. The second-order valence-electron chi connectivity index (χ2n) is 7.41. The van der Waals surface area contributed by atoms with Crippen molar-refractivity contribution in [2.75, 3.05) is 27.2 Å². The molecule has 1 aromatic rings. The molecule has 1 unspecified atom stereocenters. The molecule has 1 atom stereocenters. The van der Waals surface area contributed by atoms with Crippen LogP contribution >= 0.6 is 0 Å². The Morgan fingerprint density at radius 3 is 2.44 bits per heavy atom. The van der Waals surface area contributed by atoms with Crippen LogP contribution < -0.4 is 10.5 Å². The summed E-state index contributed by atoms with van der Waals surface area (Å²) in [4.78, 5) is 13.8. The predicted molar refractivity (Wildman–Crippen MR) is 99.7 cm³/mol. The summed E-state index contributed by atoms with van der Waals surface area (Å²) in [6.45, 7) is 1.28. The molecule has 3 N–H and O–H groups in total. The van der Waals surface area contributed by atoms with Gasteiger partial charge in [0.15, 0.2) is 0 Å². The molecule has 2 rings (SSSR count). The molecule has 140 valence electrons. The van der Waals surface area contributed by atoms with Crippen LogP contribution in [0.25, 0.3) is 0 Å². The molecular weight excluding hydrogens is 316 g/mol. The number of hydrogen-bond donors (Lipinski definition) is 2. The number of likely N-dealkylation sites (N-methyl/N-ethyl adjacent to an activating group) is 1. The predicted octanol–water partition coefficient (Wildman–Crippen LogP) is 2.67. The molecule has 0 aliphatic heterocycles. The highest BCUT2D eigenvalue weighted by Gasteiger charge is 2.38. The third-order valence-electron chi connectivity index (χ3n) is 5.01. The highest BCUT2D eigenvalue weighted by Crippen LogP contribution is 2.40. The van der Waals surface area contributed by atoms with Gasteiger partial charge in [-0.05, 0) is 57.6 Å². The van der Waals surface area contributed by atoms with E-state index < -0.39 is 5.60 Å². The number of nitrogens with two attached hydrogens (primary N) is 1. The highest BCUT2D eigenvalue weighted by molar-refractivity contribution is 5.72. The molecule has 0 heterocycles. The summed E-state index contributed by atoms with van der Waals surface area (Å²) in [5.74, 6) is 0.351. The van der Waals surface area contributed by atoms with Crippen LogP contribution in [0.15, 0.2) is 24.3 Å². The third-order valence-corrected chi connectivity index (χ3v) is 5.01. The second kappa shape index (κ2) is 9.32. The van der Waals surface area contributed by atoms with E-state index in [-0.39, 0.29) is 11.9 Å². The quantitative estimate of drug-likeness (QED) is 0.558. The summed E-state index contributed by atoms with van der Waals surface area (Å²) in [5, 5.41) is 11.2. The number of carbonyl (C=O) groups is 1. The van der Waals surface area contributed by atoms with E-state index in [1.165, 1.54) is 6.42 Å². The standard InChI is InChI=1S/C20H32N2O3/c1-22(2)15-18(20(24)12-4-3-5-13-20)16-8-10-17(11-9-16)25-19(23)7-6-14-21/h8-11,18,24H,3-7,12-15,21H2,1-2H3. The van der Waals surface area contributed by atoms with E-state index in [4.69, 9.17) is 10.5 Å². The monoisotopic (exact) mass is 348 g/mol. The van der Waals surface area contributed by atoms with E-state index in [1.807, 2.05) is 38.4 Å². The Hall–Kier alpha value is -1.43.